The van der Waals surface area contributed by atoms with Gasteiger partial charge in [-0.1, -0.05) is 198 Å². The summed E-state index contributed by atoms with van der Waals surface area (Å²) in [5.41, 5.74) is 26.5. The molecule has 3 aromatic heterocycles. The van der Waals surface area contributed by atoms with Crippen molar-refractivity contribution in [2.45, 2.75) is 38.5 Å². The van der Waals surface area contributed by atoms with Crippen molar-refractivity contribution < 1.29 is 0 Å². The highest BCUT2D eigenvalue weighted by Crippen LogP contribution is 2.55. The van der Waals surface area contributed by atoms with Gasteiger partial charge in [0.1, 0.15) is 0 Å². The van der Waals surface area contributed by atoms with Crippen LogP contribution in [-0.2, 0) is 10.8 Å². The average Bonchev–Trinajstić information content (AvgIpc) is 1.79. The van der Waals surface area contributed by atoms with E-state index in [1.54, 1.807) is 0 Å². The van der Waals surface area contributed by atoms with E-state index in [1.807, 2.05) is 0 Å². The molecule has 2 aliphatic rings. The number of aromatic nitrogens is 3. The van der Waals surface area contributed by atoms with Crippen molar-refractivity contribution in [3.05, 3.63) is 301 Å². The molecule has 4 heteroatoms. The number of nitrogens with zero attached hydrogens (tertiary/aromatic N) is 4. The lowest BCUT2D eigenvalue weighted by Crippen LogP contribution is -2.18. The lowest BCUT2D eigenvalue weighted by atomic mass is 9.81. The van der Waals surface area contributed by atoms with E-state index in [1.165, 1.54) is 143 Å². The van der Waals surface area contributed by atoms with Crippen molar-refractivity contribution in [1.82, 2.24) is 13.7 Å². The van der Waals surface area contributed by atoms with Crippen LogP contribution < -0.4 is 4.90 Å². The predicted molar refractivity (Wildman–Crippen MR) is 362 cm³/mol. The Balaban J connectivity index is 0.803. The Hall–Kier alpha value is -10.7. The van der Waals surface area contributed by atoms with E-state index in [-0.39, 0.29) is 10.8 Å². The number of anilines is 3. The van der Waals surface area contributed by atoms with Crippen molar-refractivity contribution in [2.75, 3.05) is 4.90 Å². The summed E-state index contributed by atoms with van der Waals surface area (Å²) in [6.07, 6.45) is 0. The first-order valence-electron chi connectivity index (χ1n) is 30.2. The molecule has 16 aromatic rings. The van der Waals surface area contributed by atoms with Crippen LogP contribution in [0.25, 0.3) is 127 Å². The van der Waals surface area contributed by atoms with Crippen molar-refractivity contribution >= 4 is 93.3 Å². The molecule has 18 rings (SSSR count). The zero-order valence-corrected chi connectivity index (χ0v) is 48.3. The van der Waals surface area contributed by atoms with E-state index in [0.29, 0.717) is 0 Å². The summed E-state index contributed by atoms with van der Waals surface area (Å²) in [4.78, 5) is 2.55. The summed E-state index contributed by atoms with van der Waals surface area (Å²) in [7, 11) is 0. The van der Waals surface area contributed by atoms with Crippen molar-refractivity contribution in [1.29, 1.82) is 0 Å². The van der Waals surface area contributed by atoms with Crippen molar-refractivity contribution in [3.8, 4) is 50.4 Å². The lowest BCUT2D eigenvalue weighted by Gasteiger charge is -2.31. The van der Waals surface area contributed by atoms with Crippen LogP contribution in [-0.4, -0.2) is 13.7 Å². The van der Waals surface area contributed by atoms with E-state index in [2.05, 4.69) is 325 Å². The minimum absolute atomic E-state index is 0.301. The van der Waals surface area contributed by atoms with Gasteiger partial charge in [-0.15, -0.1) is 0 Å². The van der Waals surface area contributed by atoms with Gasteiger partial charge in [0.15, 0.2) is 0 Å². The number of fused-ring (bicyclic) bond motifs is 16. The Morgan fingerprint density at radius 1 is 0.244 bits per heavy atom. The second-order valence-corrected chi connectivity index (χ2v) is 24.8. The Kier molecular flexibility index (Phi) is 10.2. The molecule has 0 N–H and O–H groups in total. The quantitative estimate of drug-likeness (QED) is 0.156. The van der Waals surface area contributed by atoms with Gasteiger partial charge in [-0.25, -0.2) is 0 Å². The second kappa shape index (κ2) is 17.9. The zero-order valence-electron chi connectivity index (χ0n) is 48.3. The molecule has 0 spiro atoms. The first-order valence-corrected chi connectivity index (χ1v) is 30.2. The Bertz CT molecular complexity index is 5220. The Morgan fingerprint density at radius 3 is 1.06 bits per heavy atom. The smallest absolute Gasteiger partial charge is 0.0541 e. The van der Waals surface area contributed by atoms with E-state index >= 15 is 0 Å². The third kappa shape index (κ3) is 6.81. The SMILES string of the molecule is CC1(C)c2cc(N(c3ccc4c(c3)C(C)(C)c3cc(-n5c6ccccc6c6ccccc65)ccc3-4)c3ccc(-c4ccc5c(c4)c4ccccc4n5-c4ccccc4)c4ccccc34)ccc2-c2ccc(-n3c4ccccc4c4ccccc43)cc21. The molecule has 0 amide bonds. The minimum atomic E-state index is -0.301. The molecule has 2 aliphatic carbocycles. The molecule has 4 nitrogen and oxygen atoms in total. The summed E-state index contributed by atoms with van der Waals surface area (Å²) in [6.45, 7) is 9.68. The maximum absolute atomic E-state index is 2.55. The largest absolute Gasteiger partial charge is 0.310 e. The van der Waals surface area contributed by atoms with Crippen LogP contribution in [0.2, 0.25) is 0 Å². The molecule has 406 valence electrons. The number of hydrogen-bond donors (Lipinski definition) is 0. The van der Waals surface area contributed by atoms with E-state index in [0.717, 1.165) is 22.7 Å². The highest BCUT2D eigenvalue weighted by atomic mass is 15.1. The van der Waals surface area contributed by atoms with Gasteiger partial charge in [-0.05, 0) is 170 Å². The average molecular weight is 1100 g/mol. The van der Waals surface area contributed by atoms with E-state index in [4.69, 9.17) is 0 Å². The van der Waals surface area contributed by atoms with Gasteiger partial charge in [0.05, 0.1) is 38.8 Å². The molecule has 13 aromatic carbocycles. The number of benzene rings is 13. The van der Waals surface area contributed by atoms with Gasteiger partial charge >= 0.3 is 0 Å². The second-order valence-electron chi connectivity index (χ2n) is 24.8. The van der Waals surface area contributed by atoms with Crippen LogP contribution in [0.15, 0.2) is 279 Å². The van der Waals surface area contributed by atoms with Gasteiger partial charge in [-0.2, -0.15) is 0 Å². The van der Waals surface area contributed by atoms with Crippen molar-refractivity contribution in [3.63, 3.8) is 0 Å². The normalized spacial score (nSPS) is 13.8. The highest BCUT2D eigenvalue weighted by Gasteiger charge is 2.39. The van der Waals surface area contributed by atoms with E-state index in [9.17, 15) is 0 Å². The van der Waals surface area contributed by atoms with Crippen LogP contribution in [0.1, 0.15) is 49.9 Å². The van der Waals surface area contributed by atoms with Gasteiger partial charge in [-0.3, -0.25) is 0 Å². The molecule has 0 radical (unpaired) electrons. The molecule has 0 atom stereocenters. The molecule has 0 saturated carbocycles. The first kappa shape index (κ1) is 48.8. The maximum Gasteiger partial charge on any atom is 0.0541 e. The third-order valence-corrected chi connectivity index (χ3v) is 19.6. The monoisotopic (exact) mass is 1100 g/mol. The Morgan fingerprint density at radius 2 is 0.593 bits per heavy atom. The molecular formula is C82H58N4. The molecule has 0 saturated heterocycles. The maximum atomic E-state index is 2.55. The first-order chi connectivity index (χ1) is 42.2. The predicted octanol–water partition coefficient (Wildman–Crippen LogP) is 21.9. The zero-order chi connectivity index (χ0) is 57.2. The van der Waals surface area contributed by atoms with Crippen molar-refractivity contribution in [2.24, 2.45) is 0 Å². The molecule has 0 aliphatic heterocycles. The molecule has 0 bridgehead atoms. The van der Waals surface area contributed by atoms with Crippen LogP contribution in [0, 0.1) is 0 Å². The fourth-order valence-electron chi connectivity index (χ4n) is 15.5. The fraction of sp³-hybridized carbons (Fsp3) is 0.0732. The van der Waals surface area contributed by atoms with Crippen LogP contribution in [0.4, 0.5) is 17.1 Å². The van der Waals surface area contributed by atoms with E-state index < -0.39 is 0 Å². The molecule has 0 unspecified atom stereocenters. The fourth-order valence-corrected chi connectivity index (χ4v) is 15.5. The van der Waals surface area contributed by atoms with Gasteiger partial charge < -0.3 is 18.6 Å². The third-order valence-electron chi connectivity index (χ3n) is 19.6. The van der Waals surface area contributed by atoms with Gasteiger partial charge in [0.25, 0.3) is 0 Å². The summed E-state index contributed by atoms with van der Waals surface area (Å²) >= 11 is 0. The molecule has 86 heavy (non-hydrogen) atoms. The summed E-state index contributed by atoms with van der Waals surface area (Å²) in [6, 6.07) is 105. The summed E-state index contributed by atoms with van der Waals surface area (Å²) in [5, 5.41) is 9.97. The molecule has 0 fully saturated rings. The van der Waals surface area contributed by atoms with Crippen LogP contribution in [0.3, 0.4) is 0 Å². The standard InChI is InChI=1S/C82H58N4/c1-81(2)70-47-53(35-39-59(70)61-41-37-55(49-72(61)81)85-74-29-15-10-24-64(74)65-25-11-16-30-75(65)85)83(54-36-40-60-62-42-38-56(50-73(62)82(3,4)71(60)48-54)86-76-31-17-12-26-66(76)67-27-13-18-32-77(67)86)79-45-43-57(58-22-8-9-23-63(58)79)51-34-44-80-69(46-51)68-28-14-19-33-78(68)84(80)52-20-6-5-7-21-52/h5-50H,1-4H3. The lowest BCUT2D eigenvalue weighted by molar-refractivity contribution is 0.659. The van der Waals surface area contributed by atoms with Crippen LogP contribution >= 0.6 is 0 Å². The van der Waals surface area contributed by atoms with Gasteiger partial charge in [0.2, 0.25) is 0 Å². The van der Waals surface area contributed by atoms with Crippen LogP contribution in [0.5, 0.6) is 0 Å². The summed E-state index contributed by atoms with van der Waals surface area (Å²) < 4.78 is 7.30. The highest BCUT2D eigenvalue weighted by molar-refractivity contribution is 6.14. The van der Waals surface area contributed by atoms with Gasteiger partial charge in [0, 0.05) is 77.0 Å². The molecular weight excluding hydrogens is 1040 g/mol. The Labute approximate surface area is 499 Å². The number of rotatable bonds is 7. The summed E-state index contributed by atoms with van der Waals surface area (Å²) in [5.74, 6) is 0. The minimum Gasteiger partial charge on any atom is -0.310 e. The molecule has 3 heterocycles. The topological polar surface area (TPSA) is 18.0 Å². The number of hydrogen-bond acceptors (Lipinski definition) is 1. The number of para-hydroxylation sites is 6.